The van der Waals surface area contributed by atoms with Crippen molar-refractivity contribution in [2.45, 2.75) is 18.2 Å². The third-order valence-corrected chi connectivity index (χ3v) is 6.66. The summed E-state index contributed by atoms with van der Waals surface area (Å²) >= 11 is 1.22. The van der Waals surface area contributed by atoms with Gasteiger partial charge in [-0.3, -0.25) is 14.2 Å². The van der Waals surface area contributed by atoms with Crippen molar-refractivity contribution in [3.8, 4) is 16.9 Å². The van der Waals surface area contributed by atoms with Crippen LogP contribution in [0.5, 0.6) is 5.75 Å². The topological polar surface area (TPSA) is 102 Å². The largest absolute Gasteiger partial charge is 0.497 e. The van der Waals surface area contributed by atoms with Crippen molar-refractivity contribution in [2.75, 3.05) is 12.9 Å². The lowest BCUT2D eigenvalue weighted by Gasteiger charge is -2.13. The highest BCUT2D eigenvalue weighted by Crippen LogP contribution is 2.28. The van der Waals surface area contributed by atoms with Crippen molar-refractivity contribution in [2.24, 2.45) is 0 Å². The molecule has 0 aliphatic rings. The van der Waals surface area contributed by atoms with Crippen molar-refractivity contribution >= 4 is 28.7 Å². The fraction of sp³-hybridized carbons (Fsp3) is 0.148. The molecule has 0 saturated heterocycles. The molecule has 8 nitrogen and oxygen atoms in total. The first-order chi connectivity index (χ1) is 17.6. The van der Waals surface area contributed by atoms with Crippen molar-refractivity contribution in [1.82, 2.24) is 19.9 Å². The van der Waals surface area contributed by atoms with Crippen LogP contribution >= 0.6 is 11.8 Å². The molecule has 0 radical (unpaired) electrons. The normalized spacial score (nSPS) is 11.0. The monoisotopic (exact) mass is 500 g/mol. The average Bonchev–Trinajstić information content (AvgIpc) is 3.59. The Morgan fingerprint density at radius 2 is 2.00 bits per heavy atom. The molecule has 0 spiro atoms. The lowest BCUT2D eigenvalue weighted by atomic mass is 10.1. The summed E-state index contributed by atoms with van der Waals surface area (Å²) in [5.41, 5.74) is 3.46. The predicted molar refractivity (Wildman–Crippen MR) is 139 cm³/mol. The number of hydrogen-bond donors (Lipinski definition) is 2. The van der Waals surface area contributed by atoms with Gasteiger partial charge < -0.3 is 19.5 Å². The summed E-state index contributed by atoms with van der Waals surface area (Å²) in [5, 5.41) is 3.29. The SMILES string of the molecule is COc1cccc(Cn2c(SCC(=O)NCc3ccco3)nc3c(-c4ccccc4)c[nH]c3c2=O)c1. The molecule has 0 bridgehead atoms. The number of benzene rings is 2. The van der Waals surface area contributed by atoms with Crippen LogP contribution in [0.3, 0.4) is 0 Å². The van der Waals surface area contributed by atoms with Crippen molar-refractivity contribution in [3.63, 3.8) is 0 Å². The van der Waals surface area contributed by atoms with Gasteiger partial charge in [-0.1, -0.05) is 54.2 Å². The summed E-state index contributed by atoms with van der Waals surface area (Å²) < 4.78 is 12.2. The number of rotatable bonds is 9. The first-order valence-corrected chi connectivity index (χ1v) is 12.3. The standard InChI is InChI=1S/C27H24N4O4S/c1-34-20-10-5-7-18(13-20)16-31-26(33)25-24(22(15-29-25)19-8-3-2-4-9-19)30-27(31)36-17-23(32)28-14-21-11-6-12-35-21/h2-13,15,29H,14,16-17H2,1H3,(H,28,32). The molecule has 5 aromatic rings. The lowest BCUT2D eigenvalue weighted by molar-refractivity contribution is -0.118. The van der Waals surface area contributed by atoms with Gasteiger partial charge in [0.25, 0.3) is 5.56 Å². The number of carbonyl (C=O) groups excluding carboxylic acids is 1. The van der Waals surface area contributed by atoms with Crippen molar-refractivity contribution < 1.29 is 13.9 Å². The van der Waals surface area contributed by atoms with Crippen LogP contribution in [0.1, 0.15) is 11.3 Å². The number of fused-ring (bicyclic) bond motifs is 1. The predicted octanol–water partition coefficient (Wildman–Crippen LogP) is 4.45. The minimum Gasteiger partial charge on any atom is -0.497 e. The Kier molecular flexibility index (Phi) is 6.90. The van der Waals surface area contributed by atoms with Gasteiger partial charge in [0.15, 0.2) is 5.16 Å². The van der Waals surface area contributed by atoms with Crippen LogP contribution in [-0.2, 0) is 17.9 Å². The number of nitrogens with zero attached hydrogens (tertiary/aromatic N) is 2. The van der Waals surface area contributed by atoms with Crippen LogP contribution in [0.2, 0.25) is 0 Å². The van der Waals surface area contributed by atoms with Gasteiger partial charge in [0.05, 0.1) is 32.2 Å². The molecule has 0 aliphatic heterocycles. The number of hydrogen-bond acceptors (Lipinski definition) is 6. The molecular weight excluding hydrogens is 476 g/mol. The quantitative estimate of drug-likeness (QED) is 0.229. The van der Waals surface area contributed by atoms with Crippen LogP contribution < -0.4 is 15.6 Å². The molecule has 0 aliphatic carbocycles. The summed E-state index contributed by atoms with van der Waals surface area (Å²) in [6, 6.07) is 20.9. The molecule has 1 amide bonds. The Balaban J connectivity index is 1.49. The van der Waals surface area contributed by atoms with Crippen LogP contribution in [0.4, 0.5) is 0 Å². The zero-order valence-corrected chi connectivity index (χ0v) is 20.4. The molecule has 3 aromatic heterocycles. The molecule has 2 N–H and O–H groups in total. The molecule has 3 heterocycles. The third-order valence-electron chi connectivity index (χ3n) is 5.68. The van der Waals surface area contributed by atoms with Crippen LogP contribution in [0, 0.1) is 0 Å². The number of aromatic amines is 1. The summed E-state index contributed by atoms with van der Waals surface area (Å²) in [7, 11) is 1.60. The van der Waals surface area contributed by atoms with E-state index in [9.17, 15) is 9.59 Å². The number of nitrogens with one attached hydrogen (secondary N) is 2. The fourth-order valence-corrected chi connectivity index (χ4v) is 4.71. The van der Waals surface area contributed by atoms with Gasteiger partial charge >= 0.3 is 0 Å². The summed E-state index contributed by atoms with van der Waals surface area (Å²) in [4.78, 5) is 34.1. The van der Waals surface area contributed by atoms with Crippen LogP contribution in [0.15, 0.2) is 93.6 Å². The number of H-pyrrole nitrogens is 1. The molecule has 182 valence electrons. The second-order valence-corrected chi connectivity index (χ2v) is 9.02. The van der Waals surface area contributed by atoms with E-state index >= 15 is 0 Å². The molecule has 2 aromatic carbocycles. The number of methoxy groups -OCH3 is 1. The van der Waals surface area contributed by atoms with E-state index in [4.69, 9.17) is 14.1 Å². The number of ether oxygens (including phenoxy) is 1. The second-order valence-electron chi connectivity index (χ2n) is 8.07. The van der Waals surface area contributed by atoms with E-state index < -0.39 is 0 Å². The maximum Gasteiger partial charge on any atom is 0.278 e. The minimum atomic E-state index is -0.205. The first-order valence-electron chi connectivity index (χ1n) is 11.3. The molecule has 0 atom stereocenters. The van der Waals surface area contributed by atoms with Crippen molar-refractivity contribution in [1.29, 1.82) is 0 Å². The summed E-state index contributed by atoms with van der Waals surface area (Å²) in [6.07, 6.45) is 3.36. The number of amides is 1. The summed E-state index contributed by atoms with van der Waals surface area (Å²) in [6.45, 7) is 0.584. The van der Waals surface area contributed by atoms with Gasteiger partial charge in [0, 0.05) is 11.8 Å². The second kappa shape index (κ2) is 10.6. The maximum atomic E-state index is 13.6. The molecule has 0 saturated carbocycles. The zero-order valence-electron chi connectivity index (χ0n) is 19.6. The highest BCUT2D eigenvalue weighted by Gasteiger charge is 2.18. The van der Waals surface area contributed by atoms with E-state index in [0.29, 0.717) is 34.2 Å². The Labute approximate surface area is 211 Å². The van der Waals surface area contributed by atoms with Gasteiger partial charge in [0.1, 0.15) is 22.5 Å². The van der Waals surface area contributed by atoms with Gasteiger partial charge in [-0.15, -0.1) is 0 Å². The van der Waals surface area contributed by atoms with E-state index in [1.807, 2.05) is 54.6 Å². The first kappa shape index (κ1) is 23.5. The molecule has 5 rings (SSSR count). The van der Waals surface area contributed by atoms with Gasteiger partial charge in [-0.05, 0) is 35.4 Å². The Hall–Kier alpha value is -4.24. The van der Waals surface area contributed by atoms with Gasteiger partial charge in [-0.2, -0.15) is 0 Å². The average molecular weight is 501 g/mol. The third kappa shape index (κ3) is 5.06. The smallest absolute Gasteiger partial charge is 0.278 e. The molecule has 9 heteroatoms. The molecule has 0 fully saturated rings. The highest BCUT2D eigenvalue weighted by atomic mass is 32.2. The number of thioether (sulfide) groups is 1. The number of aromatic nitrogens is 3. The van der Waals surface area contributed by atoms with E-state index in [0.717, 1.165) is 16.7 Å². The lowest BCUT2D eigenvalue weighted by Crippen LogP contribution is -2.27. The van der Waals surface area contributed by atoms with E-state index in [2.05, 4.69) is 10.3 Å². The van der Waals surface area contributed by atoms with E-state index in [1.54, 1.807) is 36.3 Å². The Bertz CT molecular complexity index is 1540. The fourth-order valence-electron chi connectivity index (χ4n) is 3.89. The minimum absolute atomic E-state index is 0.0991. The Morgan fingerprint density at radius 1 is 1.14 bits per heavy atom. The zero-order chi connectivity index (χ0) is 24.9. The summed E-state index contributed by atoms with van der Waals surface area (Å²) in [5.74, 6) is 1.29. The molecule has 0 unspecified atom stereocenters. The van der Waals surface area contributed by atoms with Crippen LogP contribution in [-0.4, -0.2) is 33.3 Å². The van der Waals surface area contributed by atoms with Gasteiger partial charge in [0.2, 0.25) is 5.91 Å². The van der Waals surface area contributed by atoms with Gasteiger partial charge in [-0.25, -0.2) is 4.98 Å². The molecular formula is C27H24N4O4S. The van der Waals surface area contributed by atoms with Crippen molar-refractivity contribution in [3.05, 3.63) is 101 Å². The number of furan rings is 1. The highest BCUT2D eigenvalue weighted by molar-refractivity contribution is 7.99. The number of carbonyl (C=O) groups is 1. The van der Waals surface area contributed by atoms with Crippen LogP contribution in [0.25, 0.3) is 22.2 Å². The maximum absolute atomic E-state index is 13.6. The van der Waals surface area contributed by atoms with E-state index in [1.165, 1.54) is 11.8 Å². The molecule has 36 heavy (non-hydrogen) atoms. The Morgan fingerprint density at radius 3 is 2.78 bits per heavy atom. The van der Waals surface area contributed by atoms with E-state index in [-0.39, 0.29) is 23.8 Å².